The first-order valence-electron chi connectivity index (χ1n) is 6.34. The van der Waals surface area contributed by atoms with E-state index in [-0.39, 0.29) is 5.82 Å². The van der Waals surface area contributed by atoms with E-state index in [0.717, 1.165) is 16.7 Å². The van der Waals surface area contributed by atoms with Crippen LogP contribution in [0.15, 0.2) is 48.7 Å². The number of fused-ring (bicyclic) bond motifs is 1. The van der Waals surface area contributed by atoms with Gasteiger partial charge in [0.05, 0.1) is 13.7 Å². The first-order chi connectivity index (χ1) is 9.67. The molecule has 1 aromatic heterocycles. The number of rotatable bonds is 3. The molecule has 0 atom stereocenters. The summed E-state index contributed by atoms with van der Waals surface area (Å²) < 4.78 is 21.1. The largest absolute Gasteiger partial charge is 0.497 e. The molecule has 3 nitrogen and oxygen atoms in total. The minimum Gasteiger partial charge on any atom is -0.497 e. The number of ether oxygens (including phenoxy) is 1. The molecule has 0 aliphatic carbocycles. The number of hydrogen-bond donors (Lipinski definition) is 1. The molecule has 2 N–H and O–H groups in total. The van der Waals surface area contributed by atoms with Crippen molar-refractivity contribution in [3.8, 4) is 5.75 Å². The number of nitrogens with two attached hydrogens (primary N) is 1. The van der Waals surface area contributed by atoms with E-state index in [1.807, 2.05) is 35.0 Å². The second-order valence-electron chi connectivity index (χ2n) is 4.72. The third kappa shape index (κ3) is 2.20. The number of anilines is 1. The van der Waals surface area contributed by atoms with Crippen molar-refractivity contribution in [1.29, 1.82) is 0 Å². The monoisotopic (exact) mass is 270 g/mol. The van der Waals surface area contributed by atoms with Crippen molar-refractivity contribution in [2.24, 2.45) is 0 Å². The number of hydrogen-bond acceptors (Lipinski definition) is 2. The van der Waals surface area contributed by atoms with Gasteiger partial charge in [0.2, 0.25) is 0 Å². The Morgan fingerprint density at radius 1 is 1.15 bits per heavy atom. The Bertz CT molecular complexity index is 764. The minimum atomic E-state index is -0.277. The number of methoxy groups -OCH3 is 1. The van der Waals surface area contributed by atoms with Gasteiger partial charge in [-0.15, -0.1) is 0 Å². The van der Waals surface area contributed by atoms with Crippen LogP contribution in [0.5, 0.6) is 5.75 Å². The fourth-order valence-electron chi connectivity index (χ4n) is 2.32. The average Bonchev–Trinajstić information content (AvgIpc) is 2.84. The van der Waals surface area contributed by atoms with E-state index >= 15 is 0 Å². The summed E-state index contributed by atoms with van der Waals surface area (Å²) in [5.74, 6) is 0.536. The summed E-state index contributed by atoms with van der Waals surface area (Å²) in [7, 11) is 1.64. The van der Waals surface area contributed by atoms with Crippen LogP contribution in [-0.2, 0) is 6.54 Å². The highest BCUT2D eigenvalue weighted by Crippen LogP contribution is 2.23. The molecule has 0 saturated heterocycles. The van der Waals surface area contributed by atoms with Crippen molar-refractivity contribution in [1.82, 2.24) is 4.57 Å². The number of aromatic nitrogens is 1. The van der Waals surface area contributed by atoms with E-state index in [2.05, 4.69) is 0 Å². The minimum absolute atomic E-state index is 0.277. The first kappa shape index (κ1) is 12.5. The number of halogens is 1. The van der Waals surface area contributed by atoms with Gasteiger partial charge in [-0.2, -0.15) is 0 Å². The molecule has 0 amide bonds. The Kier molecular flexibility index (Phi) is 3.06. The molecule has 102 valence electrons. The maximum Gasteiger partial charge on any atom is 0.130 e. The lowest BCUT2D eigenvalue weighted by Gasteiger charge is -2.08. The molecule has 20 heavy (non-hydrogen) atoms. The fraction of sp³-hybridized carbons (Fsp3) is 0.125. The lowest BCUT2D eigenvalue weighted by molar-refractivity contribution is 0.415. The third-order valence-corrected chi connectivity index (χ3v) is 3.40. The zero-order valence-electron chi connectivity index (χ0n) is 11.1. The summed E-state index contributed by atoms with van der Waals surface area (Å²) >= 11 is 0. The summed E-state index contributed by atoms with van der Waals surface area (Å²) in [4.78, 5) is 0. The Labute approximate surface area is 116 Å². The summed E-state index contributed by atoms with van der Waals surface area (Å²) in [5.41, 5.74) is 7.66. The highest BCUT2D eigenvalue weighted by molar-refractivity contribution is 5.81. The van der Waals surface area contributed by atoms with Crippen LogP contribution in [-0.4, -0.2) is 11.7 Å². The highest BCUT2D eigenvalue weighted by atomic mass is 19.1. The quantitative estimate of drug-likeness (QED) is 0.741. The van der Waals surface area contributed by atoms with Crippen LogP contribution in [0.25, 0.3) is 10.9 Å². The first-order valence-corrected chi connectivity index (χ1v) is 6.34. The van der Waals surface area contributed by atoms with Crippen LogP contribution >= 0.6 is 0 Å². The van der Waals surface area contributed by atoms with Gasteiger partial charge in [-0.25, -0.2) is 4.39 Å². The molecule has 0 fully saturated rings. The predicted molar refractivity (Wildman–Crippen MR) is 78.4 cm³/mol. The van der Waals surface area contributed by atoms with Gasteiger partial charge in [-0.3, -0.25) is 0 Å². The third-order valence-electron chi connectivity index (χ3n) is 3.40. The summed E-state index contributed by atoms with van der Waals surface area (Å²) in [6.45, 7) is 0.474. The van der Waals surface area contributed by atoms with Crippen molar-refractivity contribution < 1.29 is 9.13 Å². The Balaban J connectivity index is 1.98. The standard InChI is InChI=1S/C16H15FN2O/c1-20-14-4-5-16-11(8-14)6-7-19(16)10-12-2-3-13(18)9-15(12)17/h2-9H,10,18H2,1H3. The molecule has 1 heterocycles. The van der Waals surface area contributed by atoms with Gasteiger partial charge in [-0.1, -0.05) is 6.07 Å². The van der Waals surface area contributed by atoms with Crippen LogP contribution in [0.3, 0.4) is 0 Å². The zero-order chi connectivity index (χ0) is 14.1. The Morgan fingerprint density at radius 2 is 2.00 bits per heavy atom. The van der Waals surface area contributed by atoms with Crippen molar-refractivity contribution >= 4 is 16.6 Å². The van der Waals surface area contributed by atoms with E-state index in [9.17, 15) is 4.39 Å². The normalized spacial score (nSPS) is 10.9. The smallest absolute Gasteiger partial charge is 0.130 e. The lowest BCUT2D eigenvalue weighted by Crippen LogP contribution is -2.01. The second kappa shape index (κ2) is 4.89. The number of benzene rings is 2. The molecule has 0 radical (unpaired) electrons. The van der Waals surface area contributed by atoms with Crippen LogP contribution in [0, 0.1) is 5.82 Å². The van der Waals surface area contributed by atoms with Gasteiger partial charge >= 0.3 is 0 Å². The van der Waals surface area contributed by atoms with Crippen molar-refractivity contribution in [3.63, 3.8) is 0 Å². The van der Waals surface area contributed by atoms with Gasteiger partial charge in [-0.05, 0) is 36.4 Å². The fourth-order valence-corrected chi connectivity index (χ4v) is 2.32. The lowest BCUT2D eigenvalue weighted by atomic mass is 10.2. The van der Waals surface area contributed by atoms with Crippen molar-refractivity contribution in [2.45, 2.75) is 6.54 Å². The summed E-state index contributed by atoms with van der Waals surface area (Å²) in [6.07, 6.45) is 1.94. The molecule has 0 aliphatic rings. The molecule has 3 rings (SSSR count). The maximum atomic E-state index is 13.8. The van der Waals surface area contributed by atoms with Crippen LogP contribution in [0.2, 0.25) is 0 Å². The Hall–Kier alpha value is -2.49. The van der Waals surface area contributed by atoms with E-state index in [4.69, 9.17) is 10.5 Å². The second-order valence-corrected chi connectivity index (χ2v) is 4.72. The van der Waals surface area contributed by atoms with Crippen molar-refractivity contribution in [2.75, 3.05) is 12.8 Å². The molecular weight excluding hydrogens is 255 g/mol. The van der Waals surface area contributed by atoms with E-state index < -0.39 is 0 Å². The number of nitrogens with zero attached hydrogens (tertiary/aromatic N) is 1. The van der Waals surface area contributed by atoms with Gasteiger partial charge in [0.15, 0.2) is 0 Å². The van der Waals surface area contributed by atoms with Gasteiger partial charge in [0.25, 0.3) is 0 Å². The van der Waals surface area contributed by atoms with E-state index in [0.29, 0.717) is 17.8 Å². The molecule has 0 spiro atoms. The van der Waals surface area contributed by atoms with E-state index in [1.165, 1.54) is 6.07 Å². The molecule has 0 bridgehead atoms. The summed E-state index contributed by atoms with van der Waals surface area (Å²) in [6, 6.07) is 12.6. The molecule has 4 heteroatoms. The molecule has 0 saturated carbocycles. The summed E-state index contributed by atoms with van der Waals surface area (Å²) in [5, 5.41) is 1.07. The maximum absolute atomic E-state index is 13.8. The van der Waals surface area contributed by atoms with Gasteiger partial charge in [0, 0.05) is 28.4 Å². The van der Waals surface area contributed by atoms with E-state index in [1.54, 1.807) is 19.2 Å². The average molecular weight is 270 g/mol. The highest BCUT2D eigenvalue weighted by Gasteiger charge is 2.07. The zero-order valence-corrected chi connectivity index (χ0v) is 11.1. The van der Waals surface area contributed by atoms with Crippen molar-refractivity contribution in [3.05, 3.63) is 60.0 Å². The topological polar surface area (TPSA) is 40.2 Å². The Morgan fingerprint density at radius 3 is 2.75 bits per heavy atom. The SMILES string of the molecule is COc1ccc2c(ccn2Cc2ccc(N)cc2F)c1. The molecule has 3 aromatic rings. The van der Waals surface area contributed by atoms with Crippen LogP contribution in [0.1, 0.15) is 5.56 Å². The van der Waals surface area contributed by atoms with Gasteiger partial charge in [0.1, 0.15) is 11.6 Å². The van der Waals surface area contributed by atoms with Crippen LogP contribution < -0.4 is 10.5 Å². The van der Waals surface area contributed by atoms with Crippen LogP contribution in [0.4, 0.5) is 10.1 Å². The molecule has 2 aromatic carbocycles. The number of nitrogen functional groups attached to an aromatic ring is 1. The molecule has 0 aliphatic heterocycles. The molecular formula is C16H15FN2O. The van der Waals surface area contributed by atoms with Gasteiger partial charge < -0.3 is 15.0 Å². The molecule has 0 unspecified atom stereocenters. The predicted octanol–water partition coefficient (Wildman–Crippen LogP) is 3.42.